The molecule has 0 unspecified atom stereocenters. The first-order valence-corrected chi connectivity index (χ1v) is 15.3. The molecule has 0 aliphatic heterocycles. The summed E-state index contributed by atoms with van der Waals surface area (Å²) >= 11 is 0. The zero-order valence-electron chi connectivity index (χ0n) is 23.1. The second-order valence-electron chi connectivity index (χ2n) is 10.6. The molecule has 0 saturated carbocycles. The molecular weight excluding hydrogens is 420 g/mol. The van der Waals surface area contributed by atoms with Gasteiger partial charge in [-0.1, -0.05) is 142 Å². The van der Waals surface area contributed by atoms with Crippen LogP contribution in [0.4, 0.5) is 0 Å². The number of rotatable bonds is 29. The average Bonchev–Trinajstić information content (AvgIpc) is 2.82. The molecular formula is C31H60O3. The molecule has 0 aromatic heterocycles. The minimum absolute atomic E-state index is 0.155. The van der Waals surface area contributed by atoms with Gasteiger partial charge >= 0.3 is 0 Å². The van der Waals surface area contributed by atoms with Crippen molar-refractivity contribution < 1.29 is 14.7 Å². The van der Waals surface area contributed by atoms with Crippen LogP contribution in [-0.2, 0) is 9.59 Å². The molecule has 0 rings (SSSR count). The summed E-state index contributed by atoms with van der Waals surface area (Å²) in [5.41, 5.74) is 0. The summed E-state index contributed by atoms with van der Waals surface area (Å²) in [6, 6.07) is 0. The van der Waals surface area contributed by atoms with Crippen molar-refractivity contribution in [3.05, 3.63) is 0 Å². The Morgan fingerprint density at radius 3 is 0.971 bits per heavy atom. The van der Waals surface area contributed by atoms with E-state index in [0.29, 0.717) is 19.4 Å². The summed E-state index contributed by atoms with van der Waals surface area (Å²) in [6.07, 6.45) is 31.6. The lowest BCUT2D eigenvalue weighted by Gasteiger charge is -2.04. The van der Waals surface area contributed by atoms with E-state index in [1.54, 1.807) is 0 Å². The molecule has 1 N–H and O–H groups in total. The fourth-order valence-electron chi connectivity index (χ4n) is 4.76. The molecule has 0 atom stereocenters. The van der Waals surface area contributed by atoms with Crippen LogP contribution in [-0.4, -0.2) is 23.3 Å². The first kappa shape index (κ1) is 33.3. The Bertz CT molecular complexity index is 432. The van der Waals surface area contributed by atoms with Crippen LogP contribution in [0.15, 0.2) is 0 Å². The number of Topliss-reactive ketones (excluding diaryl/α,β-unsaturated/α-hetero) is 2. The van der Waals surface area contributed by atoms with Crippen LogP contribution in [0.5, 0.6) is 0 Å². The fraction of sp³-hybridized carbons (Fsp3) is 0.935. The molecule has 0 spiro atoms. The molecule has 0 saturated heterocycles. The molecule has 0 radical (unpaired) electrons. The standard InChI is InChI=1S/C31H60O3/c1-2-3-4-5-6-7-8-9-11-14-17-20-23-26-30(33)29-31(34)27-24-21-18-15-12-10-13-16-19-22-25-28-32/h32H,2-29H2,1H3. The summed E-state index contributed by atoms with van der Waals surface area (Å²) in [4.78, 5) is 24.1. The number of aliphatic hydroxyl groups is 1. The molecule has 0 heterocycles. The smallest absolute Gasteiger partial charge is 0.140 e. The van der Waals surface area contributed by atoms with Gasteiger partial charge in [-0.2, -0.15) is 0 Å². The zero-order chi connectivity index (χ0) is 25.0. The van der Waals surface area contributed by atoms with Crippen molar-refractivity contribution in [2.45, 2.75) is 180 Å². The number of hydrogen-bond acceptors (Lipinski definition) is 3. The van der Waals surface area contributed by atoms with E-state index in [-0.39, 0.29) is 18.0 Å². The Labute approximate surface area is 213 Å². The maximum Gasteiger partial charge on any atom is 0.140 e. The molecule has 0 bridgehead atoms. The maximum absolute atomic E-state index is 12.0. The lowest BCUT2D eigenvalue weighted by molar-refractivity contribution is -0.127. The van der Waals surface area contributed by atoms with E-state index >= 15 is 0 Å². The molecule has 0 aromatic rings. The van der Waals surface area contributed by atoms with Crippen molar-refractivity contribution in [1.29, 1.82) is 0 Å². The number of carbonyl (C=O) groups excluding carboxylic acids is 2. The van der Waals surface area contributed by atoms with Crippen molar-refractivity contribution in [1.82, 2.24) is 0 Å². The summed E-state index contributed by atoms with van der Waals surface area (Å²) in [7, 11) is 0. The van der Waals surface area contributed by atoms with E-state index in [1.165, 1.54) is 116 Å². The van der Waals surface area contributed by atoms with Gasteiger partial charge in [0.05, 0.1) is 6.42 Å². The van der Waals surface area contributed by atoms with Crippen LogP contribution in [0.25, 0.3) is 0 Å². The SMILES string of the molecule is CCCCCCCCCCCCCCCC(=O)CC(=O)CCCCCCCCCCCCCO. The van der Waals surface area contributed by atoms with E-state index in [0.717, 1.165) is 38.5 Å². The average molecular weight is 481 g/mol. The highest BCUT2D eigenvalue weighted by molar-refractivity contribution is 5.98. The van der Waals surface area contributed by atoms with Crippen molar-refractivity contribution >= 4 is 11.6 Å². The molecule has 0 fully saturated rings. The predicted octanol–water partition coefficient (Wildman–Crippen LogP) is 9.67. The van der Waals surface area contributed by atoms with Gasteiger partial charge in [0.25, 0.3) is 0 Å². The molecule has 3 nitrogen and oxygen atoms in total. The van der Waals surface area contributed by atoms with Gasteiger partial charge < -0.3 is 5.11 Å². The summed E-state index contributed by atoms with van der Waals surface area (Å²) in [5, 5.41) is 8.75. The lowest BCUT2D eigenvalue weighted by Crippen LogP contribution is -2.07. The van der Waals surface area contributed by atoms with Crippen LogP contribution >= 0.6 is 0 Å². The Kier molecular flexibility index (Phi) is 27.9. The van der Waals surface area contributed by atoms with Gasteiger partial charge in [-0.3, -0.25) is 9.59 Å². The molecule has 3 heteroatoms. The Hall–Kier alpha value is -0.700. The van der Waals surface area contributed by atoms with Crippen molar-refractivity contribution in [3.8, 4) is 0 Å². The second kappa shape index (κ2) is 28.5. The molecule has 0 aliphatic rings. The van der Waals surface area contributed by atoms with Gasteiger partial charge in [-0.05, 0) is 19.3 Å². The normalized spacial score (nSPS) is 11.2. The van der Waals surface area contributed by atoms with Crippen molar-refractivity contribution in [2.75, 3.05) is 6.61 Å². The number of ketones is 2. The number of hydrogen-bond donors (Lipinski definition) is 1. The third kappa shape index (κ3) is 27.5. The summed E-state index contributed by atoms with van der Waals surface area (Å²) < 4.78 is 0. The highest BCUT2D eigenvalue weighted by Gasteiger charge is 2.09. The van der Waals surface area contributed by atoms with Crippen LogP contribution in [0.1, 0.15) is 180 Å². The fourth-order valence-corrected chi connectivity index (χ4v) is 4.76. The number of aliphatic hydroxyl groups excluding tert-OH is 1. The van der Waals surface area contributed by atoms with E-state index < -0.39 is 0 Å². The van der Waals surface area contributed by atoms with E-state index in [1.807, 2.05) is 0 Å². The predicted molar refractivity (Wildman–Crippen MR) is 147 cm³/mol. The van der Waals surface area contributed by atoms with Gasteiger partial charge in [0.1, 0.15) is 11.6 Å². The summed E-state index contributed by atoms with van der Waals surface area (Å²) in [5.74, 6) is 0.314. The van der Waals surface area contributed by atoms with Crippen LogP contribution in [0.2, 0.25) is 0 Å². The van der Waals surface area contributed by atoms with Crippen LogP contribution in [0.3, 0.4) is 0 Å². The first-order chi connectivity index (χ1) is 16.7. The molecule has 202 valence electrons. The first-order valence-electron chi connectivity index (χ1n) is 15.3. The molecule has 34 heavy (non-hydrogen) atoms. The van der Waals surface area contributed by atoms with Crippen molar-refractivity contribution in [3.63, 3.8) is 0 Å². The highest BCUT2D eigenvalue weighted by Crippen LogP contribution is 2.15. The van der Waals surface area contributed by atoms with Gasteiger partial charge in [0, 0.05) is 19.4 Å². The molecule has 0 aliphatic carbocycles. The van der Waals surface area contributed by atoms with Crippen molar-refractivity contribution in [2.24, 2.45) is 0 Å². The second-order valence-corrected chi connectivity index (χ2v) is 10.6. The van der Waals surface area contributed by atoms with Crippen LogP contribution < -0.4 is 0 Å². The number of carbonyl (C=O) groups is 2. The maximum atomic E-state index is 12.0. The van der Waals surface area contributed by atoms with Gasteiger partial charge in [-0.15, -0.1) is 0 Å². The third-order valence-corrected chi connectivity index (χ3v) is 7.07. The zero-order valence-corrected chi connectivity index (χ0v) is 23.1. The molecule has 0 aromatic carbocycles. The monoisotopic (exact) mass is 480 g/mol. The third-order valence-electron chi connectivity index (χ3n) is 7.07. The minimum atomic E-state index is 0.155. The van der Waals surface area contributed by atoms with E-state index in [2.05, 4.69) is 6.92 Å². The van der Waals surface area contributed by atoms with Gasteiger partial charge in [-0.25, -0.2) is 0 Å². The topological polar surface area (TPSA) is 54.4 Å². The lowest BCUT2D eigenvalue weighted by atomic mass is 10.0. The van der Waals surface area contributed by atoms with E-state index in [4.69, 9.17) is 5.11 Å². The Balaban J connectivity index is 3.29. The van der Waals surface area contributed by atoms with Gasteiger partial charge in [0.2, 0.25) is 0 Å². The Morgan fingerprint density at radius 1 is 0.412 bits per heavy atom. The largest absolute Gasteiger partial charge is 0.396 e. The Morgan fingerprint density at radius 2 is 0.676 bits per heavy atom. The number of unbranched alkanes of at least 4 members (excludes halogenated alkanes) is 22. The van der Waals surface area contributed by atoms with Gasteiger partial charge in [0.15, 0.2) is 0 Å². The highest BCUT2D eigenvalue weighted by atomic mass is 16.2. The van der Waals surface area contributed by atoms with E-state index in [9.17, 15) is 9.59 Å². The van der Waals surface area contributed by atoms with Crippen LogP contribution in [0, 0.1) is 0 Å². The summed E-state index contributed by atoms with van der Waals surface area (Å²) in [6.45, 7) is 2.60. The minimum Gasteiger partial charge on any atom is -0.396 e. The quantitative estimate of drug-likeness (QED) is 0.0856. The molecule has 0 amide bonds.